The maximum Gasteiger partial charge on any atom is 0.174 e. The molecule has 1 N–H and O–H groups in total. The van der Waals surface area contributed by atoms with Crippen molar-refractivity contribution in [1.82, 2.24) is 4.90 Å². The number of nitrogens with zero attached hydrogens (tertiary/aromatic N) is 2. The third-order valence-corrected chi connectivity index (χ3v) is 7.15. The van der Waals surface area contributed by atoms with E-state index in [1.165, 1.54) is 6.07 Å². The predicted octanol–water partition coefficient (Wildman–Crippen LogP) is 4.71. The van der Waals surface area contributed by atoms with Crippen molar-refractivity contribution in [2.45, 2.75) is 18.9 Å². The molecule has 0 saturated carbocycles. The Kier molecular flexibility index (Phi) is 7.89. The highest BCUT2D eigenvalue weighted by Gasteiger charge is 2.31. The number of ketones is 1. The van der Waals surface area contributed by atoms with Crippen LogP contribution < -0.4 is 23.8 Å². The number of phenolic OH excluding ortho intramolecular Hbond substituents is 1. The van der Waals surface area contributed by atoms with Gasteiger partial charge >= 0.3 is 0 Å². The lowest BCUT2D eigenvalue weighted by Gasteiger charge is -2.36. The summed E-state index contributed by atoms with van der Waals surface area (Å²) in [6.45, 7) is 5.26. The number of aromatic hydroxyl groups is 1. The van der Waals surface area contributed by atoms with Gasteiger partial charge in [-0.15, -0.1) is 0 Å². The molecule has 8 nitrogen and oxygen atoms in total. The van der Waals surface area contributed by atoms with Gasteiger partial charge in [-0.25, -0.2) is 0 Å². The Bertz CT molecular complexity index is 1250. The van der Waals surface area contributed by atoms with Crippen LogP contribution in [0.25, 0.3) is 0 Å². The standard InChI is InChI=1S/C30H34N2O6/c1-35-22-10-8-21(9-11-22)28-20-26(34)30-25(33)18-23(19-29(30)38-28)37-17-5-12-31-13-15-32(16-14-31)24-6-3-4-7-27(24)36-2/h3-4,6-11,18-19,28,33H,5,12-17,20H2,1-2H3/t28-/m0/s1. The monoisotopic (exact) mass is 518 g/mol. The highest BCUT2D eigenvalue weighted by atomic mass is 16.5. The lowest BCUT2D eigenvalue weighted by Crippen LogP contribution is -2.46. The summed E-state index contributed by atoms with van der Waals surface area (Å²) < 4.78 is 22.8. The number of anilines is 1. The first kappa shape index (κ1) is 25.7. The zero-order chi connectivity index (χ0) is 26.5. The van der Waals surface area contributed by atoms with Crippen molar-refractivity contribution in [3.8, 4) is 28.7 Å². The van der Waals surface area contributed by atoms with Crippen molar-refractivity contribution in [2.75, 3.05) is 58.5 Å². The fourth-order valence-corrected chi connectivity index (χ4v) is 5.08. The van der Waals surface area contributed by atoms with E-state index in [1.807, 2.05) is 42.5 Å². The molecule has 5 rings (SSSR count). The molecular weight excluding hydrogens is 484 g/mol. The molecule has 0 spiro atoms. The van der Waals surface area contributed by atoms with Crippen LogP contribution in [0.2, 0.25) is 0 Å². The van der Waals surface area contributed by atoms with E-state index in [2.05, 4.69) is 15.9 Å². The van der Waals surface area contributed by atoms with Crippen LogP contribution in [-0.2, 0) is 0 Å². The van der Waals surface area contributed by atoms with Gasteiger partial charge in [-0.3, -0.25) is 9.69 Å². The number of fused-ring (bicyclic) bond motifs is 1. The van der Waals surface area contributed by atoms with E-state index in [4.69, 9.17) is 18.9 Å². The summed E-state index contributed by atoms with van der Waals surface area (Å²) in [5.74, 6) is 2.23. The van der Waals surface area contributed by atoms with Gasteiger partial charge in [0, 0.05) is 44.9 Å². The van der Waals surface area contributed by atoms with Crippen molar-refractivity contribution >= 4 is 11.5 Å². The molecule has 1 saturated heterocycles. The molecule has 0 amide bonds. The summed E-state index contributed by atoms with van der Waals surface area (Å²) >= 11 is 0. The van der Waals surface area contributed by atoms with Gasteiger partial charge in [-0.1, -0.05) is 24.3 Å². The number of hydrogen-bond donors (Lipinski definition) is 1. The van der Waals surface area contributed by atoms with Crippen molar-refractivity contribution in [3.63, 3.8) is 0 Å². The van der Waals surface area contributed by atoms with Crippen LogP contribution in [0.15, 0.2) is 60.7 Å². The number of piperazine rings is 1. The minimum atomic E-state index is -0.426. The van der Waals surface area contributed by atoms with Crippen LogP contribution in [0, 0.1) is 0 Å². The third-order valence-electron chi connectivity index (χ3n) is 7.15. The maximum absolute atomic E-state index is 12.8. The summed E-state index contributed by atoms with van der Waals surface area (Å²) in [4.78, 5) is 17.6. The number of Topliss-reactive ketones (excluding diaryl/α,β-unsaturated/α-hetero) is 1. The number of methoxy groups -OCH3 is 2. The average Bonchev–Trinajstić information content (AvgIpc) is 2.95. The molecular formula is C30H34N2O6. The number of ether oxygens (including phenoxy) is 4. The zero-order valence-corrected chi connectivity index (χ0v) is 21.9. The highest BCUT2D eigenvalue weighted by molar-refractivity contribution is 6.02. The first-order valence-corrected chi connectivity index (χ1v) is 13.0. The number of carbonyl (C=O) groups is 1. The second kappa shape index (κ2) is 11.6. The summed E-state index contributed by atoms with van der Waals surface area (Å²) in [5, 5.41) is 10.5. The molecule has 8 heteroatoms. The van der Waals surface area contributed by atoms with Crippen LogP contribution in [0.1, 0.15) is 34.9 Å². The molecule has 2 aliphatic rings. The van der Waals surface area contributed by atoms with Gasteiger partial charge in [-0.05, 0) is 36.2 Å². The molecule has 0 aromatic heterocycles. The second-order valence-electron chi connectivity index (χ2n) is 9.53. The third kappa shape index (κ3) is 5.65. The molecule has 38 heavy (non-hydrogen) atoms. The molecule has 2 aliphatic heterocycles. The lowest BCUT2D eigenvalue weighted by molar-refractivity contribution is 0.0844. The minimum absolute atomic E-state index is 0.108. The highest BCUT2D eigenvalue weighted by Crippen LogP contribution is 2.42. The average molecular weight is 519 g/mol. The minimum Gasteiger partial charge on any atom is -0.507 e. The maximum atomic E-state index is 12.8. The van der Waals surface area contributed by atoms with Crippen LogP contribution in [-0.4, -0.2) is 69.3 Å². The first-order valence-electron chi connectivity index (χ1n) is 13.0. The zero-order valence-electron chi connectivity index (χ0n) is 21.9. The molecule has 0 bridgehead atoms. The second-order valence-corrected chi connectivity index (χ2v) is 9.53. The van der Waals surface area contributed by atoms with Gasteiger partial charge in [0.1, 0.15) is 40.4 Å². The quantitative estimate of drug-likeness (QED) is 0.408. The number of para-hydroxylation sites is 2. The molecule has 3 aromatic carbocycles. The van der Waals surface area contributed by atoms with E-state index in [0.29, 0.717) is 18.1 Å². The van der Waals surface area contributed by atoms with Crippen LogP contribution >= 0.6 is 0 Å². The first-order chi connectivity index (χ1) is 18.6. The van der Waals surface area contributed by atoms with Gasteiger partial charge in [0.25, 0.3) is 0 Å². The van der Waals surface area contributed by atoms with E-state index < -0.39 is 6.10 Å². The fraction of sp³-hybridized carbons (Fsp3) is 0.367. The van der Waals surface area contributed by atoms with E-state index in [1.54, 1.807) is 20.3 Å². The summed E-state index contributed by atoms with van der Waals surface area (Å²) in [7, 11) is 3.32. The molecule has 2 heterocycles. The smallest absolute Gasteiger partial charge is 0.174 e. The Morgan fingerprint density at radius 3 is 2.45 bits per heavy atom. The van der Waals surface area contributed by atoms with Gasteiger partial charge in [0.2, 0.25) is 0 Å². The van der Waals surface area contributed by atoms with E-state index in [9.17, 15) is 9.90 Å². The van der Waals surface area contributed by atoms with Crippen molar-refractivity contribution in [1.29, 1.82) is 0 Å². The number of rotatable bonds is 9. The van der Waals surface area contributed by atoms with E-state index >= 15 is 0 Å². The van der Waals surface area contributed by atoms with E-state index in [0.717, 1.165) is 61.9 Å². The van der Waals surface area contributed by atoms with Crippen molar-refractivity contribution in [3.05, 3.63) is 71.8 Å². The molecule has 200 valence electrons. The number of phenols is 1. The Labute approximate surface area is 223 Å². The van der Waals surface area contributed by atoms with Gasteiger partial charge < -0.3 is 29.0 Å². The topological polar surface area (TPSA) is 80.7 Å². The van der Waals surface area contributed by atoms with Crippen LogP contribution in [0.4, 0.5) is 5.69 Å². The lowest BCUT2D eigenvalue weighted by atomic mass is 9.95. The van der Waals surface area contributed by atoms with Gasteiger partial charge in [-0.2, -0.15) is 0 Å². The Morgan fingerprint density at radius 1 is 0.947 bits per heavy atom. The van der Waals surface area contributed by atoms with Crippen LogP contribution in [0.3, 0.4) is 0 Å². The fourth-order valence-electron chi connectivity index (χ4n) is 5.08. The number of benzene rings is 3. The molecule has 1 fully saturated rings. The SMILES string of the molecule is COc1ccc([C@@H]2CC(=O)c3c(O)cc(OCCCN4CCN(c5ccccc5OC)CC4)cc3O2)cc1. The Morgan fingerprint density at radius 2 is 1.71 bits per heavy atom. The van der Waals surface area contributed by atoms with E-state index in [-0.39, 0.29) is 23.5 Å². The Hall–Kier alpha value is -3.91. The van der Waals surface area contributed by atoms with Crippen LogP contribution in [0.5, 0.6) is 28.7 Å². The summed E-state index contributed by atoms with van der Waals surface area (Å²) in [6.07, 6.45) is 0.586. The predicted molar refractivity (Wildman–Crippen MR) is 145 cm³/mol. The molecule has 1 atom stereocenters. The summed E-state index contributed by atoms with van der Waals surface area (Å²) in [6, 6.07) is 18.8. The molecule has 0 aliphatic carbocycles. The summed E-state index contributed by atoms with van der Waals surface area (Å²) in [5.41, 5.74) is 2.23. The molecule has 0 unspecified atom stereocenters. The Balaban J connectivity index is 1.13. The van der Waals surface area contributed by atoms with Gasteiger partial charge in [0.05, 0.1) is 32.9 Å². The molecule has 3 aromatic rings. The molecule has 0 radical (unpaired) electrons. The van der Waals surface area contributed by atoms with Crippen molar-refractivity contribution in [2.24, 2.45) is 0 Å². The van der Waals surface area contributed by atoms with Crippen molar-refractivity contribution < 1.29 is 28.8 Å². The normalized spacial score (nSPS) is 17.5. The largest absolute Gasteiger partial charge is 0.507 e. The number of hydrogen-bond acceptors (Lipinski definition) is 8. The number of carbonyl (C=O) groups excluding carboxylic acids is 1. The van der Waals surface area contributed by atoms with Gasteiger partial charge in [0.15, 0.2) is 5.78 Å².